The fourth-order valence-electron chi connectivity index (χ4n) is 2.73. The van der Waals surface area contributed by atoms with Crippen molar-refractivity contribution in [3.63, 3.8) is 0 Å². The van der Waals surface area contributed by atoms with Gasteiger partial charge in [0.15, 0.2) is 0 Å². The van der Waals surface area contributed by atoms with Crippen molar-refractivity contribution >= 4 is 11.9 Å². The van der Waals surface area contributed by atoms with Crippen molar-refractivity contribution < 1.29 is 14.7 Å². The first-order valence-electron chi connectivity index (χ1n) is 7.48. The zero-order chi connectivity index (χ0) is 14.8. The second-order valence-electron chi connectivity index (χ2n) is 5.91. The Morgan fingerprint density at radius 1 is 1.29 bits per heavy atom. The van der Waals surface area contributed by atoms with E-state index in [0.29, 0.717) is 18.0 Å². The van der Waals surface area contributed by atoms with Gasteiger partial charge in [-0.3, -0.25) is 9.69 Å². The van der Waals surface area contributed by atoms with E-state index in [4.69, 9.17) is 5.11 Å². The van der Waals surface area contributed by atoms with Gasteiger partial charge in [-0.15, -0.1) is 0 Å². The molecule has 2 aliphatic rings. The van der Waals surface area contributed by atoms with Crippen LogP contribution in [0.15, 0.2) is 18.2 Å². The highest BCUT2D eigenvalue weighted by atomic mass is 16.4. The Labute approximate surface area is 123 Å². The molecule has 1 aliphatic heterocycles. The maximum atomic E-state index is 11.7. The van der Waals surface area contributed by atoms with Crippen LogP contribution in [0.4, 0.5) is 0 Å². The van der Waals surface area contributed by atoms with Crippen LogP contribution in [0.3, 0.4) is 0 Å². The van der Waals surface area contributed by atoms with Crippen molar-refractivity contribution in [2.45, 2.75) is 38.3 Å². The van der Waals surface area contributed by atoms with Crippen molar-refractivity contribution in [2.75, 3.05) is 13.1 Å². The molecule has 5 nitrogen and oxygen atoms in total. The Balaban J connectivity index is 1.56. The Hall–Kier alpha value is -1.88. The average Bonchev–Trinajstić information content (AvgIpc) is 3.28. The van der Waals surface area contributed by atoms with Gasteiger partial charge in [-0.1, -0.05) is 6.07 Å². The summed E-state index contributed by atoms with van der Waals surface area (Å²) in [6.45, 7) is 2.39. The second-order valence-corrected chi connectivity index (χ2v) is 5.91. The first-order chi connectivity index (χ1) is 10.1. The number of carboxylic acids is 1. The quantitative estimate of drug-likeness (QED) is 0.859. The molecule has 1 aromatic rings. The third-order valence-corrected chi connectivity index (χ3v) is 4.14. The van der Waals surface area contributed by atoms with Crippen molar-refractivity contribution in [2.24, 2.45) is 0 Å². The summed E-state index contributed by atoms with van der Waals surface area (Å²) < 4.78 is 0. The summed E-state index contributed by atoms with van der Waals surface area (Å²) in [5.41, 5.74) is 2.63. The van der Waals surface area contributed by atoms with Gasteiger partial charge in [0.25, 0.3) is 0 Å². The van der Waals surface area contributed by atoms with E-state index in [-0.39, 0.29) is 5.91 Å². The van der Waals surface area contributed by atoms with Gasteiger partial charge in [-0.05, 0) is 42.5 Å². The standard InChI is InChI=1S/C16H20N2O3/c19-15(17-14-3-4-14)6-8-18-7-5-11-1-2-12(16(20)21)9-13(11)10-18/h1-2,9,14H,3-8,10H2,(H,17,19)(H,20,21). The lowest BCUT2D eigenvalue weighted by atomic mass is 9.97. The molecule has 0 spiro atoms. The Morgan fingerprint density at radius 3 is 2.81 bits per heavy atom. The molecule has 0 unspecified atom stereocenters. The number of nitrogens with zero attached hydrogens (tertiary/aromatic N) is 1. The fraction of sp³-hybridized carbons (Fsp3) is 0.500. The van der Waals surface area contributed by atoms with Crippen molar-refractivity contribution in [3.05, 3.63) is 34.9 Å². The minimum atomic E-state index is -0.890. The molecule has 1 aliphatic carbocycles. The number of rotatable bonds is 5. The summed E-state index contributed by atoms with van der Waals surface area (Å²) in [7, 11) is 0. The third-order valence-electron chi connectivity index (χ3n) is 4.14. The largest absolute Gasteiger partial charge is 0.478 e. The topological polar surface area (TPSA) is 69.6 Å². The third kappa shape index (κ3) is 3.61. The van der Waals surface area contributed by atoms with Gasteiger partial charge in [0.2, 0.25) is 5.91 Å². The molecule has 0 aromatic heterocycles. The highest BCUT2D eigenvalue weighted by molar-refractivity contribution is 5.87. The van der Waals surface area contributed by atoms with Crippen LogP contribution in [0.1, 0.15) is 40.7 Å². The van der Waals surface area contributed by atoms with E-state index < -0.39 is 5.97 Å². The highest BCUT2D eigenvalue weighted by Crippen LogP contribution is 2.21. The van der Waals surface area contributed by atoms with Crippen LogP contribution in [-0.4, -0.2) is 41.0 Å². The lowest BCUT2D eigenvalue weighted by Crippen LogP contribution is -2.35. The van der Waals surface area contributed by atoms with Crippen molar-refractivity contribution in [1.82, 2.24) is 10.2 Å². The molecule has 1 saturated carbocycles. The summed E-state index contributed by atoms with van der Waals surface area (Å²) in [4.78, 5) is 25.0. The number of carboxylic acid groups (broad SMARTS) is 1. The van der Waals surface area contributed by atoms with E-state index >= 15 is 0 Å². The molecule has 1 amide bonds. The molecule has 0 atom stereocenters. The second kappa shape index (κ2) is 5.85. The van der Waals surface area contributed by atoms with Crippen molar-refractivity contribution in [3.8, 4) is 0 Å². The summed E-state index contributed by atoms with van der Waals surface area (Å²) in [5.74, 6) is -0.763. The van der Waals surface area contributed by atoms with Crippen LogP contribution in [-0.2, 0) is 17.8 Å². The minimum Gasteiger partial charge on any atom is -0.478 e. The average molecular weight is 288 g/mol. The number of carbonyl (C=O) groups excluding carboxylic acids is 1. The maximum Gasteiger partial charge on any atom is 0.335 e. The number of hydrogen-bond acceptors (Lipinski definition) is 3. The van der Waals surface area contributed by atoms with Gasteiger partial charge in [0, 0.05) is 32.1 Å². The monoisotopic (exact) mass is 288 g/mol. The number of aromatic carboxylic acids is 1. The fourth-order valence-corrected chi connectivity index (χ4v) is 2.73. The minimum absolute atomic E-state index is 0.127. The molecule has 0 radical (unpaired) electrons. The summed E-state index contributed by atoms with van der Waals surface area (Å²) in [6, 6.07) is 5.75. The van der Waals surface area contributed by atoms with E-state index in [1.54, 1.807) is 12.1 Å². The molecular weight excluding hydrogens is 268 g/mol. The molecule has 0 bridgehead atoms. The molecule has 1 aromatic carbocycles. The van der Waals surface area contributed by atoms with Crippen LogP contribution < -0.4 is 5.32 Å². The zero-order valence-corrected chi connectivity index (χ0v) is 12.0. The first kappa shape index (κ1) is 14.1. The molecule has 112 valence electrons. The highest BCUT2D eigenvalue weighted by Gasteiger charge is 2.24. The summed E-state index contributed by atoms with van der Waals surface area (Å²) in [5, 5.41) is 12.0. The molecule has 2 N–H and O–H groups in total. The lowest BCUT2D eigenvalue weighted by molar-refractivity contribution is -0.121. The van der Waals surface area contributed by atoms with E-state index in [1.165, 1.54) is 5.56 Å². The molecule has 21 heavy (non-hydrogen) atoms. The molecular formula is C16H20N2O3. The molecule has 1 fully saturated rings. The number of fused-ring (bicyclic) bond motifs is 1. The first-order valence-corrected chi connectivity index (χ1v) is 7.48. The van der Waals surface area contributed by atoms with Gasteiger partial charge >= 0.3 is 5.97 Å². The van der Waals surface area contributed by atoms with E-state index in [2.05, 4.69) is 10.2 Å². The molecule has 3 rings (SSSR count). The van der Waals surface area contributed by atoms with E-state index in [9.17, 15) is 9.59 Å². The lowest BCUT2D eigenvalue weighted by Gasteiger charge is -2.28. The van der Waals surface area contributed by atoms with Gasteiger partial charge in [0.1, 0.15) is 0 Å². The SMILES string of the molecule is O=C(CCN1CCc2ccc(C(=O)O)cc2C1)NC1CC1. The van der Waals surface area contributed by atoms with Gasteiger partial charge in [-0.25, -0.2) is 4.79 Å². The number of amides is 1. The van der Waals surface area contributed by atoms with Crippen LogP contribution >= 0.6 is 0 Å². The zero-order valence-electron chi connectivity index (χ0n) is 12.0. The van der Waals surface area contributed by atoms with Crippen LogP contribution in [0, 0.1) is 0 Å². The van der Waals surface area contributed by atoms with Crippen LogP contribution in [0.2, 0.25) is 0 Å². The molecule has 0 saturated heterocycles. The predicted molar refractivity (Wildman–Crippen MR) is 78.2 cm³/mol. The molecule has 1 heterocycles. The van der Waals surface area contributed by atoms with Gasteiger partial charge < -0.3 is 10.4 Å². The molecule has 5 heteroatoms. The number of benzene rings is 1. The summed E-state index contributed by atoms with van der Waals surface area (Å²) in [6.07, 6.45) is 3.66. The number of hydrogen-bond donors (Lipinski definition) is 2. The Bertz CT molecular complexity index is 567. The van der Waals surface area contributed by atoms with Crippen LogP contribution in [0.25, 0.3) is 0 Å². The smallest absolute Gasteiger partial charge is 0.335 e. The predicted octanol–water partition coefficient (Wildman–Crippen LogP) is 1.41. The number of carbonyl (C=O) groups is 2. The van der Waals surface area contributed by atoms with Gasteiger partial charge in [-0.2, -0.15) is 0 Å². The van der Waals surface area contributed by atoms with E-state index in [0.717, 1.165) is 44.5 Å². The van der Waals surface area contributed by atoms with E-state index in [1.807, 2.05) is 6.07 Å². The van der Waals surface area contributed by atoms with Crippen molar-refractivity contribution in [1.29, 1.82) is 0 Å². The normalized spacial score (nSPS) is 18.1. The van der Waals surface area contributed by atoms with Gasteiger partial charge in [0.05, 0.1) is 5.56 Å². The Morgan fingerprint density at radius 2 is 2.10 bits per heavy atom. The summed E-state index contributed by atoms with van der Waals surface area (Å²) >= 11 is 0. The Kier molecular flexibility index (Phi) is 3.92. The number of nitrogens with one attached hydrogen (secondary N) is 1. The maximum absolute atomic E-state index is 11.7. The van der Waals surface area contributed by atoms with Crippen LogP contribution in [0.5, 0.6) is 0 Å².